The van der Waals surface area contributed by atoms with Gasteiger partial charge in [-0.15, -0.1) is 0 Å². The molecule has 4 heterocycles. The van der Waals surface area contributed by atoms with Gasteiger partial charge in [0.15, 0.2) is 0 Å². The molecule has 4 aromatic rings. The Bertz CT molecular complexity index is 1920. The second-order valence-electron chi connectivity index (χ2n) is 14.7. The molecule has 13 nitrogen and oxygen atoms in total. The number of imidazole rings is 2. The topological polar surface area (TPSA) is 165 Å². The summed E-state index contributed by atoms with van der Waals surface area (Å²) in [4.78, 5) is 70.6. The highest BCUT2D eigenvalue weighted by molar-refractivity contribution is 5.88. The van der Waals surface area contributed by atoms with Crippen LogP contribution in [0.3, 0.4) is 0 Å². The number of likely N-dealkylation sites (tertiary alicyclic amines) is 2. The Morgan fingerprint density at radius 3 is 1.45 bits per heavy atom. The zero-order valence-corrected chi connectivity index (χ0v) is 31.3. The predicted octanol–water partition coefficient (Wildman–Crippen LogP) is 6.00. The van der Waals surface area contributed by atoms with Gasteiger partial charge in [0.05, 0.1) is 43.0 Å². The molecule has 4 amide bonds. The third-order valence-corrected chi connectivity index (χ3v) is 10.3. The van der Waals surface area contributed by atoms with Crippen molar-refractivity contribution in [2.45, 2.75) is 84.5 Å². The van der Waals surface area contributed by atoms with Crippen LogP contribution in [0.4, 0.5) is 4.79 Å². The predicted molar refractivity (Wildman–Crippen MR) is 201 cm³/mol. The molecule has 2 aliphatic rings. The highest BCUT2D eigenvalue weighted by atomic mass is 16.5. The number of aromatic amines is 2. The van der Waals surface area contributed by atoms with E-state index in [1.165, 1.54) is 14.0 Å². The Hall–Kier alpha value is -5.46. The van der Waals surface area contributed by atoms with Crippen LogP contribution >= 0.6 is 0 Å². The Morgan fingerprint density at radius 1 is 0.679 bits per heavy atom. The van der Waals surface area contributed by atoms with E-state index < -0.39 is 18.2 Å². The van der Waals surface area contributed by atoms with Crippen LogP contribution in [0.25, 0.3) is 33.6 Å². The van der Waals surface area contributed by atoms with Gasteiger partial charge in [-0.2, -0.15) is 0 Å². The molecule has 2 aliphatic heterocycles. The number of rotatable bonds is 11. The second-order valence-corrected chi connectivity index (χ2v) is 14.7. The molecule has 0 spiro atoms. The number of ether oxygens (including phenoxy) is 1. The minimum atomic E-state index is -0.684. The zero-order valence-electron chi connectivity index (χ0n) is 31.3. The Balaban J connectivity index is 1.11. The fourth-order valence-electron chi connectivity index (χ4n) is 7.41. The summed E-state index contributed by atoms with van der Waals surface area (Å²) in [5.41, 5.74) is 5.84. The van der Waals surface area contributed by atoms with E-state index in [1.807, 2.05) is 43.7 Å². The largest absolute Gasteiger partial charge is 0.453 e. The lowest BCUT2D eigenvalue weighted by atomic mass is 10.0. The van der Waals surface area contributed by atoms with Gasteiger partial charge >= 0.3 is 6.09 Å². The molecule has 280 valence electrons. The maximum Gasteiger partial charge on any atom is 0.407 e. The van der Waals surface area contributed by atoms with Gasteiger partial charge in [-0.25, -0.2) is 14.8 Å². The highest BCUT2D eigenvalue weighted by Crippen LogP contribution is 2.35. The molecule has 2 fully saturated rings. The highest BCUT2D eigenvalue weighted by Gasteiger charge is 2.38. The lowest BCUT2D eigenvalue weighted by molar-refractivity contribution is -0.138. The van der Waals surface area contributed by atoms with Crippen LogP contribution in [0.1, 0.15) is 84.0 Å². The number of carbonyl (C=O) groups is 4. The first-order valence-electron chi connectivity index (χ1n) is 18.5. The SMILES string of the molecule is COC(=O)N[C@H](C(=O)N1CCCC1c1ncc(-c2ccc(-c3ccc(-c4cnc(C5CCCN5C(=O)[C@@H](NC(C)=O)C(C)C)[nH]4)cc3)cc2)[nH]1)C(C)C. The number of amides is 4. The summed E-state index contributed by atoms with van der Waals surface area (Å²) >= 11 is 0. The lowest BCUT2D eigenvalue weighted by Crippen LogP contribution is -2.51. The molecule has 2 unspecified atom stereocenters. The summed E-state index contributed by atoms with van der Waals surface area (Å²) < 4.78 is 4.75. The summed E-state index contributed by atoms with van der Waals surface area (Å²) in [6.45, 7) is 10.4. The average Bonchev–Trinajstić information content (AvgIpc) is 3.98. The van der Waals surface area contributed by atoms with Crippen LogP contribution in [-0.4, -0.2) is 85.8 Å². The van der Waals surface area contributed by atoms with E-state index in [9.17, 15) is 19.2 Å². The average molecular weight is 723 g/mol. The summed E-state index contributed by atoms with van der Waals surface area (Å²) in [5, 5.41) is 5.52. The van der Waals surface area contributed by atoms with E-state index in [2.05, 4.69) is 79.1 Å². The minimum Gasteiger partial charge on any atom is -0.453 e. The number of alkyl carbamates (subject to hydrolysis) is 1. The summed E-state index contributed by atoms with van der Waals surface area (Å²) in [6.07, 6.45) is 6.32. The molecule has 13 heteroatoms. The van der Waals surface area contributed by atoms with Crippen molar-refractivity contribution in [2.24, 2.45) is 11.8 Å². The van der Waals surface area contributed by atoms with Gasteiger partial charge in [-0.1, -0.05) is 76.2 Å². The van der Waals surface area contributed by atoms with Gasteiger partial charge in [0.1, 0.15) is 23.7 Å². The smallest absolute Gasteiger partial charge is 0.407 e. The number of H-pyrrole nitrogens is 2. The molecule has 2 aromatic heterocycles. The first-order chi connectivity index (χ1) is 25.4. The molecule has 0 bridgehead atoms. The van der Waals surface area contributed by atoms with Crippen molar-refractivity contribution >= 4 is 23.8 Å². The molecular formula is C40H50N8O5. The van der Waals surface area contributed by atoms with Crippen molar-refractivity contribution in [3.8, 4) is 33.6 Å². The first-order valence-corrected chi connectivity index (χ1v) is 18.5. The normalized spacial score (nSPS) is 18.3. The Kier molecular flexibility index (Phi) is 11.3. The van der Waals surface area contributed by atoms with E-state index >= 15 is 0 Å². The summed E-state index contributed by atoms with van der Waals surface area (Å²) in [7, 11) is 1.29. The maximum atomic E-state index is 13.5. The van der Waals surface area contributed by atoms with Gasteiger partial charge in [0.2, 0.25) is 17.7 Å². The van der Waals surface area contributed by atoms with Gasteiger partial charge in [0, 0.05) is 20.0 Å². The lowest BCUT2D eigenvalue weighted by Gasteiger charge is -2.30. The summed E-state index contributed by atoms with van der Waals surface area (Å²) in [6, 6.07) is 14.9. The summed E-state index contributed by atoms with van der Waals surface area (Å²) in [5.74, 6) is 0.928. The third kappa shape index (κ3) is 8.13. The van der Waals surface area contributed by atoms with Crippen molar-refractivity contribution in [3.05, 3.63) is 72.6 Å². The number of benzene rings is 2. The number of hydrogen-bond donors (Lipinski definition) is 4. The number of aromatic nitrogens is 4. The molecular weight excluding hydrogens is 672 g/mol. The van der Waals surface area contributed by atoms with Crippen molar-refractivity contribution in [1.29, 1.82) is 0 Å². The molecule has 4 atom stereocenters. The van der Waals surface area contributed by atoms with Crippen LogP contribution in [0.2, 0.25) is 0 Å². The molecule has 4 N–H and O–H groups in total. The van der Waals surface area contributed by atoms with Gasteiger partial charge < -0.3 is 35.1 Å². The maximum absolute atomic E-state index is 13.5. The standard InChI is InChI=1S/C40H50N8O5/c1-23(2)34(43-25(5)49)38(50)47-19-7-9-32(47)36-41-21-30(44-36)28-15-11-26(12-16-28)27-13-17-29(18-14-27)31-22-42-37(45-31)33-10-8-20-48(33)39(51)35(24(3)4)46-40(52)53-6/h11-18,21-24,32-35H,7-10,19-20H2,1-6H3,(H,41,44)(H,42,45)(H,43,49)(H,46,52)/t32?,33?,34-,35-/m0/s1. The van der Waals surface area contributed by atoms with Crippen LogP contribution in [0.5, 0.6) is 0 Å². The molecule has 0 radical (unpaired) electrons. The number of carbonyl (C=O) groups excluding carboxylic acids is 4. The van der Waals surface area contributed by atoms with Gasteiger partial charge in [-0.3, -0.25) is 14.4 Å². The molecule has 0 saturated carbocycles. The third-order valence-electron chi connectivity index (χ3n) is 10.3. The van der Waals surface area contributed by atoms with Crippen molar-refractivity contribution < 1.29 is 23.9 Å². The van der Waals surface area contributed by atoms with Gasteiger partial charge in [-0.05, 0) is 59.8 Å². The van der Waals surface area contributed by atoms with Crippen LogP contribution in [-0.2, 0) is 19.1 Å². The molecule has 6 rings (SSSR count). The van der Waals surface area contributed by atoms with Crippen LogP contribution in [0, 0.1) is 11.8 Å². The van der Waals surface area contributed by atoms with Crippen LogP contribution in [0.15, 0.2) is 60.9 Å². The molecule has 2 saturated heterocycles. The number of hydrogen-bond acceptors (Lipinski definition) is 7. The van der Waals surface area contributed by atoms with Crippen molar-refractivity contribution in [2.75, 3.05) is 20.2 Å². The first kappa shape index (κ1) is 37.3. The second kappa shape index (κ2) is 16.1. The van der Waals surface area contributed by atoms with Gasteiger partial charge in [0.25, 0.3) is 0 Å². The van der Waals surface area contributed by atoms with E-state index in [0.717, 1.165) is 71.0 Å². The van der Waals surface area contributed by atoms with E-state index in [1.54, 1.807) is 6.20 Å². The van der Waals surface area contributed by atoms with Crippen LogP contribution < -0.4 is 10.6 Å². The molecule has 2 aromatic carbocycles. The minimum absolute atomic E-state index is 0.0256. The number of nitrogens with zero attached hydrogens (tertiary/aromatic N) is 4. The monoisotopic (exact) mass is 722 g/mol. The molecule has 0 aliphatic carbocycles. The zero-order chi connectivity index (χ0) is 37.8. The number of nitrogens with one attached hydrogen (secondary N) is 4. The van der Waals surface area contributed by atoms with E-state index in [-0.39, 0.29) is 41.6 Å². The van der Waals surface area contributed by atoms with Crippen molar-refractivity contribution in [1.82, 2.24) is 40.4 Å². The van der Waals surface area contributed by atoms with E-state index in [0.29, 0.717) is 13.1 Å². The molecule has 53 heavy (non-hydrogen) atoms. The fraction of sp³-hybridized carbons (Fsp3) is 0.450. The Morgan fingerprint density at radius 2 is 1.08 bits per heavy atom. The quantitative estimate of drug-likeness (QED) is 0.147. The Labute approximate surface area is 310 Å². The van der Waals surface area contributed by atoms with E-state index in [4.69, 9.17) is 4.74 Å². The van der Waals surface area contributed by atoms with Crippen molar-refractivity contribution in [3.63, 3.8) is 0 Å². The fourth-order valence-corrected chi connectivity index (χ4v) is 7.41. The number of methoxy groups -OCH3 is 1.